The largest absolute Gasteiger partial charge is 0.344 e. The van der Waals surface area contributed by atoms with Crippen LogP contribution in [0.2, 0.25) is 5.02 Å². The van der Waals surface area contributed by atoms with Crippen LogP contribution < -0.4 is 6.15 Å². The lowest BCUT2D eigenvalue weighted by atomic mass is 10.3. The van der Waals surface area contributed by atoms with Crippen molar-refractivity contribution in [3.63, 3.8) is 0 Å². The molecule has 0 aliphatic heterocycles. The number of nitro benzene ring substituents is 1. The van der Waals surface area contributed by atoms with Crippen molar-refractivity contribution in [1.29, 1.82) is 0 Å². The fourth-order valence-electron chi connectivity index (χ4n) is 1.16. The van der Waals surface area contributed by atoms with Crippen LogP contribution in [0, 0.1) is 14.1 Å². The van der Waals surface area contributed by atoms with Crippen LogP contribution in [0.1, 0.15) is 0 Å². The van der Waals surface area contributed by atoms with Gasteiger partial charge in [-0.1, -0.05) is 11.6 Å². The van der Waals surface area contributed by atoms with Crippen molar-refractivity contribution in [3.8, 4) is 0 Å². The van der Waals surface area contributed by atoms with E-state index < -0.39 is 4.92 Å². The van der Waals surface area contributed by atoms with Crippen molar-refractivity contribution in [1.82, 2.24) is 11.1 Å². The Kier molecular flexibility index (Phi) is 3.40. The Balaban J connectivity index is 0.00000112. The summed E-state index contributed by atoms with van der Waals surface area (Å²) >= 11 is 11.9. The number of rotatable bonds is 1. The van der Waals surface area contributed by atoms with Crippen molar-refractivity contribution in [2.45, 2.75) is 0 Å². The molecule has 0 amide bonds. The second kappa shape index (κ2) is 4.23. The minimum Gasteiger partial charge on any atom is -0.344 e. The Morgan fingerprint density at radius 1 is 1.53 bits per heavy atom. The predicted molar refractivity (Wildman–Crippen MR) is 63.7 cm³/mol. The predicted octanol–water partition coefficient (Wildman–Crippen LogP) is 3.68. The summed E-state index contributed by atoms with van der Waals surface area (Å²) in [4.78, 5) is 13.0. The molecule has 0 fully saturated rings. The number of hydrogen-bond donors (Lipinski definition) is 2. The number of H-pyrrole nitrogens is 1. The molecule has 0 aliphatic carbocycles. The molecule has 15 heavy (non-hydrogen) atoms. The van der Waals surface area contributed by atoms with Crippen LogP contribution in [0.4, 0.5) is 5.69 Å². The molecule has 1 heterocycles. The zero-order valence-corrected chi connectivity index (χ0v) is 9.71. The van der Waals surface area contributed by atoms with Gasteiger partial charge < -0.3 is 11.1 Å². The lowest BCUT2D eigenvalue weighted by Crippen LogP contribution is -1.90. The Morgan fingerprint density at radius 2 is 2.20 bits per heavy atom. The van der Waals surface area contributed by atoms with Gasteiger partial charge in [0.2, 0.25) is 0 Å². The summed E-state index contributed by atoms with van der Waals surface area (Å²) in [6.07, 6.45) is 0. The molecule has 2 rings (SSSR count). The molecule has 5 nitrogen and oxygen atoms in total. The monoisotopic (exact) mass is 263 g/mol. The second-order valence-electron chi connectivity index (χ2n) is 2.54. The van der Waals surface area contributed by atoms with Crippen LogP contribution in [-0.4, -0.2) is 9.91 Å². The molecule has 1 aromatic heterocycles. The molecule has 0 saturated carbocycles. The Bertz CT molecular complexity index is 577. The molecule has 4 N–H and O–H groups in total. The average molecular weight is 264 g/mol. The third kappa shape index (κ3) is 2.00. The number of hydrogen-bond acceptors (Lipinski definition) is 5. The summed E-state index contributed by atoms with van der Waals surface area (Å²) in [7, 11) is 0. The van der Waals surface area contributed by atoms with E-state index in [-0.39, 0.29) is 16.9 Å². The Morgan fingerprint density at radius 3 is 2.80 bits per heavy atom. The highest BCUT2D eigenvalue weighted by Crippen LogP contribution is 2.34. The number of halogens is 1. The van der Waals surface area contributed by atoms with Gasteiger partial charge in [-0.3, -0.25) is 10.1 Å². The summed E-state index contributed by atoms with van der Waals surface area (Å²) in [5, 5.41) is 10.8. The van der Waals surface area contributed by atoms with E-state index in [0.717, 1.165) is 4.70 Å². The van der Waals surface area contributed by atoms with Gasteiger partial charge in [-0.15, -0.1) is 11.3 Å². The highest BCUT2D eigenvalue weighted by Gasteiger charge is 2.18. The van der Waals surface area contributed by atoms with Gasteiger partial charge in [-0.25, -0.2) is 0 Å². The topological polar surface area (TPSA) is 93.9 Å². The number of thiazole rings is 1. The van der Waals surface area contributed by atoms with E-state index in [0.29, 0.717) is 9.47 Å². The molecule has 0 radical (unpaired) electrons. The number of nitrogens with zero attached hydrogens (tertiary/aromatic N) is 1. The molecular formula is C7H6ClN3O2S2. The van der Waals surface area contributed by atoms with Gasteiger partial charge in [0.05, 0.1) is 9.62 Å². The minimum absolute atomic E-state index is 0. The minimum atomic E-state index is -0.511. The van der Waals surface area contributed by atoms with Crippen molar-refractivity contribution in [2.75, 3.05) is 0 Å². The molecular weight excluding hydrogens is 258 g/mol. The van der Waals surface area contributed by atoms with Crippen LogP contribution in [-0.2, 0) is 0 Å². The Labute approximate surface area is 98.4 Å². The smallest absolute Gasteiger partial charge is 0.312 e. The normalized spacial score (nSPS) is 9.93. The van der Waals surface area contributed by atoms with Crippen molar-refractivity contribution in [2.24, 2.45) is 0 Å². The van der Waals surface area contributed by atoms with Crippen molar-refractivity contribution < 1.29 is 4.92 Å². The van der Waals surface area contributed by atoms with E-state index in [9.17, 15) is 10.1 Å². The molecule has 0 bridgehead atoms. The van der Waals surface area contributed by atoms with Crippen LogP contribution in [0.5, 0.6) is 0 Å². The molecule has 0 atom stereocenters. The molecule has 8 heteroatoms. The first-order chi connectivity index (χ1) is 6.59. The van der Waals surface area contributed by atoms with Crippen LogP contribution in [0.15, 0.2) is 12.1 Å². The van der Waals surface area contributed by atoms with Crippen LogP contribution in [0.25, 0.3) is 10.2 Å². The number of nitro groups is 1. The second-order valence-corrected chi connectivity index (χ2v) is 4.67. The third-order valence-corrected chi connectivity index (χ3v) is 3.21. The zero-order chi connectivity index (χ0) is 10.3. The summed E-state index contributed by atoms with van der Waals surface area (Å²) in [6.45, 7) is 0. The van der Waals surface area contributed by atoms with E-state index in [1.807, 2.05) is 0 Å². The summed E-state index contributed by atoms with van der Waals surface area (Å²) in [5.41, 5.74) is 0.286. The van der Waals surface area contributed by atoms with Gasteiger partial charge in [-0.05, 0) is 24.4 Å². The maximum atomic E-state index is 10.7. The molecule has 0 saturated heterocycles. The number of fused-ring (bicyclic) bond motifs is 1. The Hall–Kier alpha value is -1.02. The number of nitrogens with one attached hydrogen (secondary N) is 1. The van der Waals surface area contributed by atoms with Gasteiger partial charge >= 0.3 is 5.69 Å². The first-order valence-corrected chi connectivity index (χ1v) is 5.15. The van der Waals surface area contributed by atoms with E-state index in [2.05, 4.69) is 4.98 Å². The number of aromatic nitrogens is 1. The zero-order valence-electron chi connectivity index (χ0n) is 7.32. The SMILES string of the molecule is N.O=[N+]([O-])c1c(Cl)ccc2sc(=S)[nH]c12. The maximum Gasteiger partial charge on any atom is 0.312 e. The molecule has 2 aromatic rings. The van der Waals surface area contributed by atoms with Gasteiger partial charge in [0, 0.05) is 0 Å². The van der Waals surface area contributed by atoms with Crippen LogP contribution >= 0.6 is 35.2 Å². The number of aromatic amines is 1. The molecule has 0 aliphatic rings. The van der Waals surface area contributed by atoms with E-state index >= 15 is 0 Å². The lowest BCUT2D eigenvalue weighted by Gasteiger charge is -1.95. The quantitative estimate of drug-likeness (QED) is 0.466. The van der Waals surface area contributed by atoms with E-state index in [1.54, 1.807) is 6.07 Å². The molecule has 0 spiro atoms. The molecule has 0 unspecified atom stereocenters. The maximum absolute atomic E-state index is 10.7. The summed E-state index contributed by atoms with van der Waals surface area (Å²) in [6, 6.07) is 3.21. The summed E-state index contributed by atoms with van der Waals surface area (Å²) in [5.74, 6) is 0. The van der Waals surface area contributed by atoms with E-state index in [1.165, 1.54) is 17.4 Å². The standard InChI is InChI=1S/C7H3ClN2O2S2.H3N/c8-3-1-2-4-5(6(3)10(11)12)9-7(13)14-4;/h1-2H,(H,9,13);1H3. The van der Waals surface area contributed by atoms with Gasteiger partial charge in [0.25, 0.3) is 0 Å². The lowest BCUT2D eigenvalue weighted by molar-refractivity contribution is -0.383. The first-order valence-electron chi connectivity index (χ1n) is 3.55. The highest BCUT2D eigenvalue weighted by atomic mass is 35.5. The van der Waals surface area contributed by atoms with Gasteiger partial charge in [-0.2, -0.15) is 0 Å². The van der Waals surface area contributed by atoms with Gasteiger partial charge in [0.1, 0.15) is 10.5 Å². The summed E-state index contributed by atoms with van der Waals surface area (Å²) < 4.78 is 1.25. The van der Waals surface area contributed by atoms with Crippen LogP contribution in [0.3, 0.4) is 0 Å². The highest BCUT2D eigenvalue weighted by molar-refractivity contribution is 7.73. The first kappa shape index (κ1) is 12.1. The fraction of sp³-hybridized carbons (Fsp3) is 0. The van der Waals surface area contributed by atoms with Crippen molar-refractivity contribution in [3.05, 3.63) is 31.2 Å². The third-order valence-electron chi connectivity index (χ3n) is 1.70. The average Bonchev–Trinajstić information content (AvgIpc) is 2.43. The van der Waals surface area contributed by atoms with Gasteiger partial charge in [0.15, 0.2) is 3.95 Å². The van der Waals surface area contributed by atoms with Crippen molar-refractivity contribution >= 4 is 51.1 Å². The molecule has 1 aromatic carbocycles. The number of benzene rings is 1. The van der Waals surface area contributed by atoms with E-state index in [4.69, 9.17) is 23.8 Å². The molecule has 80 valence electrons. The fourth-order valence-corrected chi connectivity index (χ4v) is 2.50.